The highest BCUT2D eigenvalue weighted by Crippen LogP contribution is 2.58. The van der Waals surface area contributed by atoms with E-state index in [2.05, 4.69) is 12.2 Å². The second-order valence-corrected chi connectivity index (χ2v) is 7.82. The molecule has 1 aliphatic heterocycles. The van der Waals surface area contributed by atoms with E-state index in [0.717, 1.165) is 18.6 Å². The number of allylic oxidation sites excluding steroid dienone is 4. The molecule has 0 spiro atoms. The first-order valence-corrected chi connectivity index (χ1v) is 9.62. The number of benzene rings is 1. The smallest absolute Gasteiger partial charge is 0.238 e. The number of rotatable bonds is 2. The molecule has 4 nitrogen and oxygen atoms in total. The molecule has 0 radical (unpaired) electrons. The summed E-state index contributed by atoms with van der Waals surface area (Å²) < 4.78 is 5.18. The Balaban J connectivity index is 1.49. The van der Waals surface area contributed by atoms with Gasteiger partial charge in [0.15, 0.2) is 0 Å². The summed E-state index contributed by atoms with van der Waals surface area (Å²) in [4.78, 5) is 27.8. The van der Waals surface area contributed by atoms with E-state index < -0.39 is 0 Å². The van der Waals surface area contributed by atoms with Crippen LogP contribution >= 0.6 is 0 Å². The lowest BCUT2D eigenvalue weighted by Gasteiger charge is -2.23. The molecule has 4 aliphatic rings. The summed E-state index contributed by atoms with van der Waals surface area (Å²) in [6, 6.07) is 7.19. The third kappa shape index (κ3) is 2.08. The van der Waals surface area contributed by atoms with Crippen LogP contribution in [0.4, 0.5) is 5.69 Å². The van der Waals surface area contributed by atoms with Gasteiger partial charge in [-0.1, -0.05) is 29.7 Å². The zero-order chi connectivity index (χ0) is 17.8. The first-order chi connectivity index (χ1) is 12.7. The average molecular weight is 349 g/mol. The van der Waals surface area contributed by atoms with Gasteiger partial charge in [0.1, 0.15) is 5.75 Å². The molecule has 0 N–H and O–H groups in total. The molecule has 5 rings (SSSR count). The van der Waals surface area contributed by atoms with Crippen molar-refractivity contribution in [2.45, 2.75) is 32.1 Å². The van der Waals surface area contributed by atoms with Crippen molar-refractivity contribution >= 4 is 17.5 Å². The number of nitrogens with zero attached hydrogens (tertiary/aromatic N) is 1. The minimum Gasteiger partial charge on any atom is -0.497 e. The molecule has 134 valence electrons. The van der Waals surface area contributed by atoms with Crippen LogP contribution in [0, 0.1) is 23.7 Å². The fraction of sp³-hybridized carbons (Fsp3) is 0.455. The number of methoxy groups -OCH3 is 1. The van der Waals surface area contributed by atoms with Gasteiger partial charge in [-0.25, -0.2) is 4.90 Å². The minimum absolute atomic E-state index is 0.0315. The van der Waals surface area contributed by atoms with E-state index in [1.165, 1.54) is 35.3 Å². The third-order valence-corrected chi connectivity index (χ3v) is 6.61. The number of carbonyl (C=O) groups excluding carboxylic acids is 2. The van der Waals surface area contributed by atoms with Gasteiger partial charge in [-0.15, -0.1) is 0 Å². The number of carbonyl (C=O) groups is 2. The number of imide groups is 1. The molecule has 2 saturated carbocycles. The standard InChI is InChI=1S/C22H23NO3/c1-26-15-9-7-14(8-10-15)23-21(24)19-16-11-12-17(20(19)22(23)25)18(16)13-5-3-2-4-6-13/h7-12,16-17,19-20H,2-6H2,1H3/t16-,17+,19-,20-/m0/s1. The minimum atomic E-state index is -0.205. The molecule has 0 aromatic heterocycles. The average Bonchev–Trinajstić information content (AvgIpc) is 3.32. The molecule has 4 heteroatoms. The number of fused-ring (bicyclic) bond motifs is 5. The Labute approximate surface area is 153 Å². The lowest BCUT2D eigenvalue weighted by Crippen LogP contribution is -2.33. The number of hydrogen-bond acceptors (Lipinski definition) is 3. The zero-order valence-electron chi connectivity index (χ0n) is 15.0. The third-order valence-electron chi connectivity index (χ3n) is 6.61. The van der Waals surface area contributed by atoms with Crippen LogP contribution in [-0.2, 0) is 9.59 Å². The van der Waals surface area contributed by atoms with E-state index in [9.17, 15) is 9.59 Å². The van der Waals surface area contributed by atoms with E-state index in [1.807, 2.05) is 0 Å². The predicted octanol–water partition coefficient (Wildman–Crippen LogP) is 3.88. The Kier molecular flexibility index (Phi) is 3.56. The largest absolute Gasteiger partial charge is 0.497 e. The Bertz CT molecular complexity index is 793. The maximum Gasteiger partial charge on any atom is 0.238 e. The van der Waals surface area contributed by atoms with Crippen molar-refractivity contribution in [2.24, 2.45) is 23.7 Å². The molecule has 0 unspecified atom stereocenters. The van der Waals surface area contributed by atoms with Crippen molar-refractivity contribution in [3.63, 3.8) is 0 Å². The van der Waals surface area contributed by atoms with E-state index in [1.54, 1.807) is 31.4 Å². The molecule has 1 aromatic carbocycles. The lowest BCUT2D eigenvalue weighted by atomic mass is 9.85. The first-order valence-electron chi connectivity index (χ1n) is 9.62. The molecule has 1 heterocycles. The van der Waals surface area contributed by atoms with Gasteiger partial charge >= 0.3 is 0 Å². The maximum atomic E-state index is 13.2. The number of hydrogen-bond donors (Lipinski definition) is 0. The van der Waals surface area contributed by atoms with E-state index >= 15 is 0 Å². The highest BCUT2D eigenvalue weighted by molar-refractivity contribution is 6.23. The van der Waals surface area contributed by atoms with Gasteiger partial charge in [0.05, 0.1) is 24.6 Å². The van der Waals surface area contributed by atoms with Crippen LogP contribution in [0.25, 0.3) is 0 Å². The van der Waals surface area contributed by atoms with Crippen LogP contribution in [0.3, 0.4) is 0 Å². The molecule has 2 bridgehead atoms. The fourth-order valence-corrected chi connectivity index (χ4v) is 5.49. The molecule has 26 heavy (non-hydrogen) atoms. The van der Waals surface area contributed by atoms with Crippen molar-refractivity contribution in [3.05, 3.63) is 47.6 Å². The summed E-state index contributed by atoms with van der Waals surface area (Å²) in [5, 5.41) is 0. The summed E-state index contributed by atoms with van der Waals surface area (Å²) in [5.41, 5.74) is 3.60. The molecular weight excluding hydrogens is 326 g/mol. The molecule has 1 aromatic rings. The quantitative estimate of drug-likeness (QED) is 0.601. The summed E-state index contributed by atoms with van der Waals surface area (Å²) in [7, 11) is 1.61. The summed E-state index contributed by atoms with van der Waals surface area (Å²) in [5.74, 6) is 0.523. The van der Waals surface area contributed by atoms with Crippen molar-refractivity contribution in [2.75, 3.05) is 12.0 Å². The SMILES string of the molecule is COc1ccc(N2C(=O)[C@@H]3[C@@H](C2=O)[C@H]2C=C[C@@H]3C2=C2CCCCC2)cc1. The Morgan fingerprint density at radius 3 is 2.00 bits per heavy atom. The number of amides is 2. The second kappa shape index (κ2) is 5.83. The zero-order valence-corrected chi connectivity index (χ0v) is 15.0. The molecule has 1 saturated heterocycles. The van der Waals surface area contributed by atoms with Gasteiger partial charge in [-0.3, -0.25) is 9.59 Å². The maximum absolute atomic E-state index is 13.2. The van der Waals surface area contributed by atoms with E-state index in [4.69, 9.17) is 4.74 Å². The lowest BCUT2D eigenvalue weighted by molar-refractivity contribution is -0.122. The van der Waals surface area contributed by atoms with E-state index in [-0.39, 0.29) is 35.5 Å². The topological polar surface area (TPSA) is 46.6 Å². The van der Waals surface area contributed by atoms with Crippen LogP contribution in [-0.4, -0.2) is 18.9 Å². The molecule has 3 aliphatic carbocycles. The van der Waals surface area contributed by atoms with Crippen molar-refractivity contribution in [1.82, 2.24) is 0 Å². The van der Waals surface area contributed by atoms with E-state index in [0.29, 0.717) is 5.69 Å². The van der Waals surface area contributed by atoms with Gasteiger partial charge < -0.3 is 4.74 Å². The second-order valence-electron chi connectivity index (χ2n) is 7.82. The van der Waals surface area contributed by atoms with Crippen LogP contribution in [0.1, 0.15) is 32.1 Å². The molecule has 3 fully saturated rings. The van der Waals surface area contributed by atoms with Gasteiger partial charge in [-0.2, -0.15) is 0 Å². The van der Waals surface area contributed by atoms with Crippen LogP contribution in [0.15, 0.2) is 47.6 Å². The Morgan fingerprint density at radius 1 is 0.885 bits per heavy atom. The molecule has 4 atom stereocenters. The van der Waals surface area contributed by atoms with Crippen molar-refractivity contribution in [3.8, 4) is 5.75 Å². The van der Waals surface area contributed by atoms with Gasteiger partial charge in [0.25, 0.3) is 0 Å². The highest BCUT2D eigenvalue weighted by atomic mass is 16.5. The van der Waals surface area contributed by atoms with Crippen molar-refractivity contribution < 1.29 is 14.3 Å². The molecular formula is C22H23NO3. The van der Waals surface area contributed by atoms with Gasteiger partial charge in [0, 0.05) is 11.8 Å². The first kappa shape index (κ1) is 15.9. The summed E-state index contributed by atoms with van der Waals surface area (Å²) in [6.45, 7) is 0. The summed E-state index contributed by atoms with van der Waals surface area (Å²) in [6.07, 6.45) is 10.5. The Hall–Kier alpha value is -2.36. The fourth-order valence-electron chi connectivity index (χ4n) is 5.49. The normalized spacial score (nSPS) is 32.6. The predicted molar refractivity (Wildman–Crippen MR) is 98.7 cm³/mol. The van der Waals surface area contributed by atoms with Crippen LogP contribution < -0.4 is 9.64 Å². The van der Waals surface area contributed by atoms with Gasteiger partial charge in [0.2, 0.25) is 11.8 Å². The number of ether oxygens (including phenoxy) is 1. The van der Waals surface area contributed by atoms with Gasteiger partial charge in [-0.05, 0) is 49.9 Å². The van der Waals surface area contributed by atoms with Crippen molar-refractivity contribution in [1.29, 1.82) is 0 Å². The van der Waals surface area contributed by atoms with Crippen LogP contribution in [0.2, 0.25) is 0 Å². The monoisotopic (exact) mass is 349 g/mol. The Morgan fingerprint density at radius 2 is 1.46 bits per heavy atom. The molecule has 2 amide bonds. The highest BCUT2D eigenvalue weighted by Gasteiger charge is 2.62. The number of anilines is 1. The summed E-state index contributed by atoms with van der Waals surface area (Å²) >= 11 is 0. The van der Waals surface area contributed by atoms with Crippen LogP contribution in [0.5, 0.6) is 5.75 Å².